The fourth-order valence-electron chi connectivity index (χ4n) is 2.66. The number of rotatable bonds is 3. The van der Waals surface area contributed by atoms with Gasteiger partial charge in [-0.15, -0.1) is 0 Å². The fraction of sp³-hybridized carbons (Fsp3) is 0. The molecule has 4 heteroatoms. The van der Waals surface area contributed by atoms with E-state index in [1.54, 1.807) is 6.33 Å². The van der Waals surface area contributed by atoms with Crippen molar-refractivity contribution in [3.63, 3.8) is 0 Å². The lowest BCUT2D eigenvalue weighted by molar-refractivity contribution is 1.07. The minimum absolute atomic E-state index is 0.628. The zero-order valence-corrected chi connectivity index (χ0v) is 14.1. The van der Waals surface area contributed by atoms with Crippen LogP contribution in [-0.2, 0) is 0 Å². The third-order valence-electron chi connectivity index (χ3n) is 3.91. The van der Waals surface area contributed by atoms with Crippen LogP contribution >= 0.6 is 11.6 Å². The minimum Gasteiger partial charge on any atom is -0.217 e. The maximum Gasteiger partial charge on any atom is 0.163 e. The molecule has 0 aliphatic carbocycles. The zero-order chi connectivity index (χ0) is 17.1. The van der Waals surface area contributed by atoms with Gasteiger partial charge in [-0.1, -0.05) is 72.3 Å². The molecule has 0 N–H and O–H groups in total. The Hall–Kier alpha value is -3.04. The molecule has 0 saturated heterocycles. The van der Waals surface area contributed by atoms with Gasteiger partial charge in [0.05, 0.1) is 0 Å². The first-order chi connectivity index (χ1) is 12.3. The summed E-state index contributed by atoms with van der Waals surface area (Å²) in [4.78, 5) is 13.2. The smallest absolute Gasteiger partial charge is 0.163 e. The third-order valence-corrected chi connectivity index (χ3v) is 4.24. The van der Waals surface area contributed by atoms with Gasteiger partial charge in [0, 0.05) is 21.7 Å². The third kappa shape index (κ3) is 3.28. The van der Waals surface area contributed by atoms with E-state index in [9.17, 15) is 0 Å². The highest BCUT2D eigenvalue weighted by atomic mass is 35.5. The summed E-state index contributed by atoms with van der Waals surface area (Å²) in [5, 5.41) is 0.701. The van der Waals surface area contributed by atoms with Gasteiger partial charge in [0.15, 0.2) is 11.6 Å². The molecule has 25 heavy (non-hydrogen) atoms. The SMILES string of the molecule is Clc1ccc(-c2ncnc(-c3ccccc3)n2)cc1-c1ccccc1. The van der Waals surface area contributed by atoms with Crippen molar-refractivity contribution in [2.75, 3.05) is 0 Å². The van der Waals surface area contributed by atoms with Crippen LogP contribution in [0.3, 0.4) is 0 Å². The minimum atomic E-state index is 0.628. The number of aromatic nitrogens is 3. The van der Waals surface area contributed by atoms with Gasteiger partial charge in [0.2, 0.25) is 0 Å². The Labute approximate surface area is 151 Å². The Morgan fingerprint density at radius 2 is 1.20 bits per heavy atom. The van der Waals surface area contributed by atoms with Crippen LogP contribution in [0.15, 0.2) is 85.2 Å². The van der Waals surface area contributed by atoms with E-state index in [-0.39, 0.29) is 0 Å². The summed E-state index contributed by atoms with van der Waals surface area (Å²) in [7, 11) is 0. The van der Waals surface area contributed by atoms with E-state index in [0.717, 1.165) is 22.3 Å². The molecule has 120 valence electrons. The van der Waals surface area contributed by atoms with Gasteiger partial charge in [-0.05, 0) is 23.8 Å². The van der Waals surface area contributed by atoms with Crippen molar-refractivity contribution in [1.29, 1.82) is 0 Å². The van der Waals surface area contributed by atoms with Crippen LogP contribution in [0.4, 0.5) is 0 Å². The quantitative estimate of drug-likeness (QED) is 0.491. The van der Waals surface area contributed by atoms with Crippen LogP contribution in [-0.4, -0.2) is 15.0 Å². The zero-order valence-electron chi connectivity index (χ0n) is 13.3. The lowest BCUT2D eigenvalue weighted by atomic mass is 10.0. The van der Waals surface area contributed by atoms with E-state index in [4.69, 9.17) is 11.6 Å². The van der Waals surface area contributed by atoms with Gasteiger partial charge in [0.1, 0.15) is 6.33 Å². The van der Waals surface area contributed by atoms with Crippen molar-refractivity contribution in [2.24, 2.45) is 0 Å². The summed E-state index contributed by atoms with van der Waals surface area (Å²) in [5.41, 5.74) is 3.89. The second-order valence-corrected chi connectivity index (χ2v) is 5.97. The average molecular weight is 344 g/mol. The van der Waals surface area contributed by atoms with E-state index in [1.165, 1.54) is 0 Å². The van der Waals surface area contributed by atoms with Crippen LogP contribution in [0.5, 0.6) is 0 Å². The normalized spacial score (nSPS) is 10.6. The molecule has 1 heterocycles. The average Bonchev–Trinajstić information content (AvgIpc) is 2.70. The molecule has 0 fully saturated rings. The molecule has 3 aromatic carbocycles. The van der Waals surface area contributed by atoms with Crippen LogP contribution in [0.25, 0.3) is 33.9 Å². The summed E-state index contributed by atoms with van der Waals surface area (Å²) in [5.74, 6) is 1.28. The van der Waals surface area contributed by atoms with Gasteiger partial charge in [-0.3, -0.25) is 0 Å². The molecular formula is C21H14ClN3. The van der Waals surface area contributed by atoms with Gasteiger partial charge >= 0.3 is 0 Å². The highest BCUT2D eigenvalue weighted by molar-refractivity contribution is 6.33. The lowest BCUT2D eigenvalue weighted by Gasteiger charge is -2.08. The molecular weight excluding hydrogens is 330 g/mol. The first-order valence-electron chi connectivity index (χ1n) is 7.91. The summed E-state index contributed by atoms with van der Waals surface area (Å²) >= 11 is 6.39. The van der Waals surface area contributed by atoms with Gasteiger partial charge < -0.3 is 0 Å². The summed E-state index contributed by atoms with van der Waals surface area (Å²) in [6.45, 7) is 0. The summed E-state index contributed by atoms with van der Waals surface area (Å²) in [6.07, 6.45) is 1.54. The number of hydrogen-bond donors (Lipinski definition) is 0. The van der Waals surface area contributed by atoms with Crippen molar-refractivity contribution in [3.05, 3.63) is 90.2 Å². The van der Waals surface area contributed by atoms with E-state index in [2.05, 4.69) is 15.0 Å². The number of benzene rings is 3. The molecule has 4 rings (SSSR count). The van der Waals surface area contributed by atoms with Gasteiger partial charge in [-0.2, -0.15) is 0 Å². The summed E-state index contributed by atoms with van der Waals surface area (Å²) in [6, 6.07) is 25.7. The van der Waals surface area contributed by atoms with Crippen LogP contribution in [0.1, 0.15) is 0 Å². The predicted octanol–water partition coefficient (Wildman–Crippen LogP) is 5.53. The molecule has 0 atom stereocenters. The molecule has 0 aliphatic rings. The second-order valence-electron chi connectivity index (χ2n) is 5.56. The Morgan fingerprint density at radius 3 is 1.88 bits per heavy atom. The number of halogens is 1. The molecule has 0 saturated carbocycles. The number of nitrogens with zero attached hydrogens (tertiary/aromatic N) is 3. The number of hydrogen-bond acceptors (Lipinski definition) is 3. The molecule has 0 bridgehead atoms. The highest BCUT2D eigenvalue weighted by Gasteiger charge is 2.09. The van der Waals surface area contributed by atoms with Crippen LogP contribution in [0.2, 0.25) is 5.02 Å². The van der Waals surface area contributed by atoms with Crippen molar-refractivity contribution in [1.82, 2.24) is 15.0 Å². The van der Waals surface area contributed by atoms with Crippen molar-refractivity contribution < 1.29 is 0 Å². The van der Waals surface area contributed by atoms with Gasteiger partial charge in [0.25, 0.3) is 0 Å². The first kappa shape index (κ1) is 15.5. The first-order valence-corrected chi connectivity index (χ1v) is 8.29. The Morgan fingerprint density at radius 1 is 0.600 bits per heavy atom. The highest BCUT2D eigenvalue weighted by Crippen LogP contribution is 2.31. The topological polar surface area (TPSA) is 38.7 Å². The molecule has 0 aliphatic heterocycles. The molecule has 3 nitrogen and oxygen atoms in total. The van der Waals surface area contributed by atoms with E-state index in [1.807, 2.05) is 78.9 Å². The van der Waals surface area contributed by atoms with Crippen LogP contribution in [0, 0.1) is 0 Å². The van der Waals surface area contributed by atoms with Crippen molar-refractivity contribution >= 4 is 11.6 Å². The van der Waals surface area contributed by atoms with Crippen LogP contribution < -0.4 is 0 Å². The standard InChI is InChI=1S/C21H14ClN3/c22-19-12-11-17(13-18(19)15-7-3-1-4-8-15)21-24-14-23-20(25-21)16-9-5-2-6-10-16/h1-14H. The van der Waals surface area contributed by atoms with Crippen molar-refractivity contribution in [3.8, 4) is 33.9 Å². The Kier molecular flexibility index (Phi) is 4.23. The Balaban J connectivity index is 1.78. The van der Waals surface area contributed by atoms with E-state index in [0.29, 0.717) is 16.7 Å². The van der Waals surface area contributed by atoms with E-state index >= 15 is 0 Å². The van der Waals surface area contributed by atoms with Gasteiger partial charge in [-0.25, -0.2) is 15.0 Å². The summed E-state index contributed by atoms with van der Waals surface area (Å²) < 4.78 is 0. The monoisotopic (exact) mass is 343 g/mol. The molecule has 0 radical (unpaired) electrons. The fourth-order valence-corrected chi connectivity index (χ4v) is 2.89. The predicted molar refractivity (Wildman–Crippen MR) is 101 cm³/mol. The molecule has 4 aromatic rings. The molecule has 0 amide bonds. The molecule has 0 spiro atoms. The maximum atomic E-state index is 6.39. The molecule has 1 aromatic heterocycles. The molecule has 0 unspecified atom stereocenters. The lowest BCUT2D eigenvalue weighted by Crippen LogP contribution is -1.95. The van der Waals surface area contributed by atoms with Crippen molar-refractivity contribution in [2.45, 2.75) is 0 Å². The Bertz CT molecular complexity index is 1000. The largest absolute Gasteiger partial charge is 0.217 e. The maximum absolute atomic E-state index is 6.39. The van der Waals surface area contributed by atoms with E-state index < -0.39 is 0 Å². The second kappa shape index (κ2) is 6.83.